The van der Waals surface area contributed by atoms with Gasteiger partial charge in [0, 0.05) is 6.21 Å². The summed E-state index contributed by atoms with van der Waals surface area (Å²) >= 11 is 0. The van der Waals surface area contributed by atoms with E-state index in [0.717, 1.165) is 5.57 Å². The van der Waals surface area contributed by atoms with Crippen molar-refractivity contribution in [3.8, 4) is 0 Å². The van der Waals surface area contributed by atoms with Crippen LogP contribution in [0.3, 0.4) is 0 Å². The Labute approximate surface area is 56.1 Å². The zero-order chi connectivity index (χ0) is 7.28. The summed E-state index contributed by atoms with van der Waals surface area (Å²) in [7, 11) is 0. The Morgan fingerprint density at radius 3 is 2.33 bits per heavy atom. The van der Waals surface area contributed by atoms with Gasteiger partial charge in [-0.2, -0.15) is 0 Å². The maximum Gasteiger partial charge on any atom is 0.0581 e. The minimum Gasteiger partial charge on any atom is -0.257 e. The lowest BCUT2D eigenvalue weighted by atomic mass is 10.3. The first-order chi connectivity index (χ1) is 4.18. The molecule has 0 amide bonds. The van der Waals surface area contributed by atoms with Crippen molar-refractivity contribution in [2.75, 3.05) is 0 Å². The lowest BCUT2D eigenvalue weighted by Crippen LogP contribution is -1.75. The molecule has 0 saturated heterocycles. The highest BCUT2D eigenvalue weighted by atomic mass is 14.7. The second-order valence-corrected chi connectivity index (χ2v) is 1.74. The van der Waals surface area contributed by atoms with Crippen LogP contribution in [0.1, 0.15) is 6.92 Å². The van der Waals surface area contributed by atoms with Gasteiger partial charge in [-0.25, -0.2) is 0 Å². The molecule has 0 rings (SSSR count). The van der Waals surface area contributed by atoms with Crippen LogP contribution >= 0.6 is 0 Å². The van der Waals surface area contributed by atoms with Crippen LogP contribution in [0.2, 0.25) is 0 Å². The fraction of sp³-hybridized carbons (Fsp3) is 0.125. The Kier molecular flexibility index (Phi) is 3.37. The van der Waals surface area contributed by atoms with Crippen LogP contribution in [0.5, 0.6) is 0 Å². The molecule has 1 heteroatoms. The smallest absolute Gasteiger partial charge is 0.0581 e. The Morgan fingerprint density at radius 2 is 2.00 bits per heavy atom. The molecular formula is C8H11N. The molecular weight excluding hydrogens is 110 g/mol. The van der Waals surface area contributed by atoms with Crippen molar-refractivity contribution in [3.63, 3.8) is 0 Å². The summed E-state index contributed by atoms with van der Waals surface area (Å²) < 4.78 is 0. The van der Waals surface area contributed by atoms with Crippen molar-refractivity contribution in [1.29, 1.82) is 0 Å². The van der Waals surface area contributed by atoms with Crippen molar-refractivity contribution in [2.45, 2.75) is 6.92 Å². The molecule has 0 aliphatic carbocycles. The fourth-order valence-corrected chi connectivity index (χ4v) is 0.253. The normalized spacial score (nSPS) is 9.44. The van der Waals surface area contributed by atoms with Gasteiger partial charge in [0.1, 0.15) is 0 Å². The predicted octanol–water partition coefficient (Wildman–Crippen LogP) is 2.33. The Bertz CT molecular complexity index is 163. The predicted molar refractivity (Wildman–Crippen MR) is 42.6 cm³/mol. The largest absolute Gasteiger partial charge is 0.257 e. The van der Waals surface area contributed by atoms with Gasteiger partial charge in [-0.1, -0.05) is 25.8 Å². The van der Waals surface area contributed by atoms with Crippen LogP contribution < -0.4 is 0 Å². The highest BCUT2D eigenvalue weighted by Crippen LogP contribution is 2.02. The third-order valence-corrected chi connectivity index (χ3v) is 0.828. The third-order valence-electron chi connectivity index (χ3n) is 0.828. The lowest BCUT2D eigenvalue weighted by molar-refractivity contribution is 1.33. The quantitative estimate of drug-likeness (QED) is 0.401. The molecule has 0 bridgehead atoms. The van der Waals surface area contributed by atoms with Crippen LogP contribution in [0.15, 0.2) is 42.1 Å². The van der Waals surface area contributed by atoms with Crippen molar-refractivity contribution in [3.05, 3.63) is 37.1 Å². The highest BCUT2D eigenvalue weighted by Gasteiger charge is 1.84. The molecule has 1 nitrogen and oxygen atoms in total. The van der Waals surface area contributed by atoms with Gasteiger partial charge in [0.25, 0.3) is 0 Å². The minimum absolute atomic E-state index is 0.704. The molecule has 0 aliphatic heterocycles. The molecule has 0 saturated carbocycles. The molecule has 0 heterocycles. The van der Waals surface area contributed by atoms with Crippen molar-refractivity contribution < 1.29 is 0 Å². The lowest BCUT2D eigenvalue weighted by Gasteiger charge is -1.92. The molecule has 0 aromatic rings. The molecule has 0 aliphatic rings. The van der Waals surface area contributed by atoms with E-state index in [1.165, 1.54) is 0 Å². The SMILES string of the molecule is C=C/C=N\C(=C)C(=C)C. The average Bonchev–Trinajstić information content (AvgIpc) is 1.82. The minimum atomic E-state index is 0.704. The molecule has 0 radical (unpaired) electrons. The third kappa shape index (κ3) is 3.47. The van der Waals surface area contributed by atoms with Gasteiger partial charge < -0.3 is 0 Å². The van der Waals surface area contributed by atoms with Gasteiger partial charge in [0.05, 0.1) is 5.70 Å². The monoisotopic (exact) mass is 121 g/mol. The number of nitrogens with zero attached hydrogens (tertiary/aromatic N) is 1. The van der Waals surface area contributed by atoms with E-state index in [0.29, 0.717) is 5.70 Å². The fourth-order valence-electron chi connectivity index (χ4n) is 0.253. The van der Waals surface area contributed by atoms with Gasteiger partial charge in [0.2, 0.25) is 0 Å². The summed E-state index contributed by atoms with van der Waals surface area (Å²) in [5, 5.41) is 0. The van der Waals surface area contributed by atoms with Crippen LogP contribution in [0.4, 0.5) is 0 Å². The second kappa shape index (κ2) is 3.84. The second-order valence-electron chi connectivity index (χ2n) is 1.74. The van der Waals surface area contributed by atoms with E-state index in [1.807, 2.05) is 6.92 Å². The van der Waals surface area contributed by atoms with E-state index in [-0.39, 0.29) is 0 Å². The van der Waals surface area contributed by atoms with E-state index in [4.69, 9.17) is 0 Å². The van der Waals surface area contributed by atoms with Crippen molar-refractivity contribution >= 4 is 6.21 Å². The molecule has 0 fully saturated rings. The summed E-state index contributed by atoms with van der Waals surface area (Å²) in [6.07, 6.45) is 3.20. The van der Waals surface area contributed by atoms with Crippen molar-refractivity contribution in [1.82, 2.24) is 0 Å². The maximum absolute atomic E-state index is 3.91. The summed E-state index contributed by atoms with van der Waals surface area (Å²) in [5.41, 5.74) is 1.59. The molecule has 0 N–H and O–H groups in total. The van der Waals surface area contributed by atoms with Crippen LogP contribution in [-0.4, -0.2) is 6.21 Å². The molecule has 0 unspecified atom stereocenters. The first-order valence-corrected chi connectivity index (χ1v) is 2.68. The Balaban J connectivity index is 3.92. The van der Waals surface area contributed by atoms with Gasteiger partial charge in [-0.3, -0.25) is 4.99 Å². The van der Waals surface area contributed by atoms with Gasteiger partial charge in [-0.15, -0.1) is 0 Å². The highest BCUT2D eigenvalue weighted by molar-refractivity contribution is 5.71. The standard InChI is InChI=1S/C8H11N/c1-5-6-9-8(4)7(2)3/h5-6H,1-2,4H2,3H3/b9-6-. The molecule has 0 spiro atoms. The first kappa shape index (κ1) is 7.89. The van der Waals surface area contributed by atoms with Crippen LogP contribution in [-0.2, 0) is 0 Å². The maximum atomic E-state index is 3.91. The number of hydrogen-bond donors (Lipinski definition) is 0. The van der Waals surface area contributed by atoms with Gasteiger partial charge >= 0.3 is 0 Å². The van der Waals surface area contributed by atoms with Crippen molar-refractivity contribution in [2.24, 2.45) is 4.99 Å². The summed E-state index contributed by atoms with van der Waals surface area (Å²) in [6, 6.07) is 0. The zero-order valence-electron chi connectivity index (χ0n) is 5.72. The topological polar surface area (TPSA) is 12.4 Å². The van der Waals surface area contributed by atoms with E-state index in [1.54, 1.807) is 12.3 Å². The number of rotatable bonds is 3. The number of aliphatic imine (C=N–C) groups is 1. The molecule has 0 aromatic carbocycles. The van der Waals surface area contributed by atoms with E-state index >= 15 is 0 Å². The first-order valence-electron chi connectivity index (χ1n) is 2.68. The Hall–Kier alpha value is -1.11. The van der Waals surface area contributed by atoms with Gasteiger partial charge in [-0.05, 0) is 12.5 Å². The van der Waals surface area contributed by atoms with E-state index in [2.05, 4.69) is 24.7 Å². The van der Waals surface area contributed by atoms with Crippen LogP contribution in [0.25, 0.3) is 0 Å². The number of allylic oxidation sites excluding steroid dienone is 2. The Morgan fingerprint density at radius 1 is 1.44 bits per heavy atom. The molecule has 0 aromatic heterocycles. The molecule has 0 atom stereocenters. The van der Waals surface area contributed by atoms with Gasteiger partial charge in [0.15, 0.2) is 0 Å². The van der Waals surface area contributed by atoms with E-state index in [9.17, 15) is 0 Å². The summed E-state index contributed by atoms with van der Waals surface area (Å²) in [6.45, 7) is 12.6. The summed E-state index contributed by atoms with van der Waals surface area (Å²) in [5.74, 6) is 0. The summed E-state index contributed by atoms with van der Waals surface area (Å²) in [4.78, 5) is 3.91. The molecule has 48 valence electrons. The van der Waals surface area contributed by atoms with Crippen LogP contribution in [0, 0.1) is 0 Å². The van der Waals surface area contributed by atoms with E-state index < -0.39 is 0 Å². The number of hydrogen-bond acceptors (Lipinski definition) is 1. The zero-order valence-corrected chi connectivity index (χ0v) is 5.72. The average molecular weight is 121 g/mol. The molecule has 9 heavy (non-hydrogen) atoms.